The number of nitrogens with zero attached hydrogens (tertiary/aromatic N) is 1. The van der Waals surface area contributed by atoms with Crippen LogP contribution in [0.25, 0.3) is 0 Å². The van der Waals surface area contributed by atoms with Gasteiger partial charge in [0.1, 0.15) is 11.8 Å². The van der Waals surface area contributed by atoms with Crippen LogP contribution in [0.1, 0.15) is 42.3 Å². The molecular formula is C24H29N3O5. The number of hydrazone groups is 1. The third-order valence-corrected chi connectivity index (χ3v) is 4.46. The number of rotatable bonds is 10. The van der Waals surface area contributed by atoms with Crippen molar-refractivity contribution >= 4 is 24.0 Å². The van der Waals surface area contributed by atoms with Crippen LogP contribution in [0.4, 0.5) is 0 Å². The third-order valence-electron chi connectivity index (χ3n) is 4.46. The maximum Gasteiger partial charge on any atom is 0.344 e. The minimum atomic E-state index is -0.750. The molecule has 0 saturated heterocycles. The van der Waals surface area contributed by atoms with Crippen molar-refractivity contribution in [1.29, 1.82) is 0 Å². The number of hydrogen-bond acceptors (Lipinski definition) is 6. The lowest BCUT2D eigenvalue weighted by Gasteiger charge is -2.20. The minimum Gasteiger partial charge on any atom is -0.482 e. The van der Waals surface area contributed by atoms with Crippen LogP contribution in [0.15, 0.2) is 53.6 Å². The third kappa shape index (κ3) is 7.86. The zero-order valence-corrected chi connectivity index (χ0v) is 18.8. The molecule has 0 aliphatic heterocycles. The number of esters is 1. The van der Waals surface area contributed by atoms with Crippen LogP contribution in [0.3, 0.4) is 0 Å². The average Bonchev–Trinajstić information content (AvgIpc) is 2.76. The van der Waals surface area contributed by atoms with Crippen molar-refractivity contribution in [3.63, 3.8) is 0 Å². The van der Waals surface area contributed by atoms with Crippen LogP contribution in [0.5, 0.6) is 5.75 Å². The second-order valence-corrected chi connectivity index (χ2v) is 7.46. The van der Waals surface area contributed by atoms with Gasteiger partial charge in [-0.3, -0.25) is 9.59 Å². The normalized spacial score (nSPS) is 11.8. The first-order valence-corrected chi connectivity index (χ1v) is 10.4. The number of hydrogen-bond donors (Lipinski definition) is 2. The Morgan fingerprint density at radius 3 is 2.47 bits per heavy atom. The first kappa shape index (κ1) is 24.6. The van der Waals surface area contributed by atoms with E-state index in [0.29, 0.717) is 16.9 Å². The Kier molecular flexibility index (Phi) is 9.41. The fourth-order valence-corrected chi connectivity index (χ4v) is 2.73. The second-order valence-electron chi connectivity index (χ2n) is 7.46. The van der Waals surface area contributed by atoms with Crippen molar-refractivity contribution in [3.8, 4) is 5.75 Å². The summed E-state index contributed by atoms with van der Waals surface area (Å²) in [6, 6.07) is 13.2. The zero-order valence-electron chi connectivity index (χ0n) is 18.8. The van der Waals surface area contributed by atoms with Gasteiger partial charge >= 0.3 is 5.97 Å². The molecule has 8 heteroatoms. The van der Waals surface area contributed by atoms with E-state index in [0.717, 1.165) is 5.56 Å². The molecule has 2 rings (SSSR count). The summed E-state index contributed by atoms with van der Waals surface area (Å²) in [5.74, 6) is -0.870. The Balaban J connectivity index is 1.95. The van der Waals surface area contributed by atoms with E-state index in [9.17, 15) is 14.4 Å². The first-order chi connectivity index (χ1) is 15.3. The molecule has 8 nitrogen and oxygen atoms in total. The van der Waals surface area contributed by atoms with Crippen LogP contribution in [0.2, 0.25) is 0 Å². The Bertz CT molecular complexity index is 954. The Morgan fingerprint density at radius 2 is 1.81 bits per heavy atom. The topological polar surface area (TPSA) is 106 Å². The standard InChI is InChI=1S/C24H29N3O5/c1-5-31-21(28)15-32-20-8-6-7-18(13-20)14-25-27-24(30)22(16(2)3)26-23(29)19-11-9-17(4)10-12-19/h6-14,16,22H,5,15H2,1-4H3,(H,26,29)(H,27,30)/b25-14+. The molecule has 0 aliphatic rings. The summed E-state index contributed by atoms with van der Waals surface area (Å²) < 4.78 is 10.2. The van der Waals surface area contributed by atoms with E-state index in [-0.39, 0.29) is 25.0 Å². The van der Waals surface area contributed by atoms with Gasteiger partial charge in [-0.25, -0.2) is 10.2 Å². The molecule has 1 unspecified atom stereocenters. The molecule has 0 radical (unpaired) electrons. The van der Waals surface area contributed by atoms with E-state index >= 15 is 0 Å². The molecule has 0 bridgehead atoms. The van der Waals surface area contributed by atoms with Crippen molar-refractivity contribution in [2.45, 2.75) is 33.7 Å². The summed E-state index contributed by atoms with van der Waals surface area (Å²) in [5.41, 5.74) is 4.66. The smallest absolute Gasteiger partial charge is 0.344 e. The highest BCUT2D eigenvalue weighted by molar-refractivity contribution is 5.97. The van der Waals surface area contributed by atoms with Gasteiger partial charge in [-0.05, 0) is 49.6 Å². The van der Waals surface area contributed by atoms with E-state index < -0.39 is 17.9 Å². The summed E-state index contributed by atoms with van der Waals surface area (Å²) in [6.07, 6.45) is 1.45. The highest BCUT2D eigenvalue weighted by atomic mass is 16.6. The molecule has 0 aliphatic carbocycles. The van der Waals surface area contributed by atoms with Gasteiger partial charge < -0.3 is 14.8 Å². The zero-order chi connectivity index (χ0) is 23.5. The quantitative estimate of drug-likeness (QED) is 0.336. The monoisotopic (exact) mass is 439 g/mol. The summed E-state index contributed by atoms with van der Waals surface area (Å²) >= 11 is 0. The number of aryl methyl sites for hydroxylation is 1. The van der Waals surface area contributed by atoms with Gasteiger partial charge in [-0.15, -0.1) is 0 Å². The number of ether oxygens (including phenoxy) is 2. The number of nitrogens with one attached hydrogen (secondary N) is 2. The lowest BCUT2D eigenvalue weighted by atomic mass is 10.0. The molecule has 1 atom stereocenters. The fraction of sp³-hybridized carbons (Fsp3) is 0.333. The number of benzene rings is 2. The lowest BCUT2D eigenvalue weighted by Crippen LogP contribution is -2.48. The fourth-order valence-electron chi connectivity index (χ4n) is 2.73. The molecule has 0 aromatic heterocycles. The molecule has 32 heavy (non-hydrogen) atoms. The molecule has 0 spiro atoms. The van der Waals surface area contributed by atoms with E-state index in [1.54, 1.807) is 43.3 Å². The Morgan fingerprint density at radius 1 is 1.09 bits per heavy atom. The van der Waals surface area contributed by atoms with E-state index in [1.165, 1.54) is 6.21 Å². The van der Waals surface area contributed by atoms with Crippen molar-refractivity contribution in [1.82, 2.24) is 10.7 Å². The maximum atomic E-state index is 12.6. The van der Waals surface area contributed by atoms with Gasteiger partial charge in [0.05, 0.1) is 12.8 Å². The SMILES string of the molecule is CCOC(=O)COc1cccc(/C=N/NC(=O)C(NC(=O)c2ccc(C)cc2)C(C)C)c1. The van der Waals surface area contributed by atoms with E-state index in [2.05, 4.69) is 15.8 Å². The highest BCUT2D eigenvalue weighted by Crippen LogP contribution is 2.12. The van der Waals surface area contributed by atoms with Gasteiger partial charge in [0.15, 0.2) is 6.61 Å². The van der Waals surface area contributed by atoms with Crippen molar-refractivity contribution in [3.05, 3.63) is 65.2 Å². The van der Waals surface area contributed by atoms with Gasteiger partial charge in [-0.2, -0.15) is 5.10 Å². The summed E-state index contributed by atoms with van der Waals surface area (Å²) in [6.45, 7) is 7.44. The molecular weight excluding hydrogens is 410 g/mol. The van der Waals surface area contributed by atoms with E-state index in [4.69, 9.17) is 9.47 Å². The number of carbonyl (C=O) groups excluding carboxylic acids is 3. The molecule has 170 valence electrons. The van der Waals surface area contributed by atoms with Gasteiger partial charge in [0.25, 0.3) is 11.8 Å². The van der Waals surface area contributed by atoms with Crippen LogP contribution >= 0.6 is 0 Å². The molecule has 0 saturated carbocycles. The summed E-state index contributed by atoms with van der Waals surface area (Å²) in [7, 11) is 0. The largest absolute Gasteiger partial charge is 0.482 e. The van der Waals surface area contributed by atoms with Crippen molar-refractivity contribution in [2.75, 3.05) is 13.2 Å². The van der Waals surface area contributed by atoms with Crippen LogP contribution in [-0.2, 0) is 14.3 Å². The van der Waals surface area contributed by atoms with Gasteiger partial charge in [-0.1, -0.05) is 43.7 Å². The molecule has 0 heterocycles. The van der Waals surface area contributed by atoms with Crippen molar-refractivity contribution in [2.24, 2.45) is 11.0 Å². The van der Waals surface area contributed by atoms with E-state index in [1.807, 2.05) is 32.9 Å². The summed E-state index contributed by atoms with van der Waals surface area (Å²) in [4.78, 5) is 36.5. The van der Waals surface area contributed by atoms with Gasteiger partial charge in [0, 0.05) is 5.56 Å². The molecule has 2 N–H and O–H groups in total. The highest BCUT2D eigenvalue weighted by Gasteiger charge is 2.24. The average molecular weight is 440 g/mol. The predicted molar refractivity (Wildman–Crippen MR) is 122 cm³/mol. The van der Waals surface area contributed by atoms with Gasteiger partial charge in [0.2, 0.25) is 0 Å². The maximum absolute atomic E-state index is 12.6. The van der Waals surface area contributed by atoms with Crippen LogP contribution in [-0.4, -0.2) is 43.3 Å². The molecule has 0 fully saturated rings. The van der Waals surface area contributed by atoms with Crippen LogP contribution in [0, 0.1) is 12.8 Å². The Hall–Kier alpha value is -3.68. The lowest BCUT2D eigenvalue weighted by molar-refractivity contribution is -0.145. The predicted octanol–water partition coefficient (Wildman–Crippen LogP) is 2.84. The molecule has 2 aromatic rings. The first-order valence-electron chi connectivity index (χ1n) is 10.4. The molecule has 2 aromatic carbocycles. The Labute approximate surface area is 188 Å². The van der Waals surface area contributed by atoms with Crippen molar-refractivity contribution < 1.29 is 23.9 Å². The summed E-state index contributed by atoms with van der Waals surface area (Å²) in [5, 5.41) is 6.74. The molecule has 2 amide bonds. The van der Waals surface area contributed by atoms with Crippen LogP contribution < -0.4 is 15.5 Å². The number of amides is 2. The minimum absolute atomic E-state index is 0.140. The number of carbonyl (C=O) groups is 3. The second kappa shape index (κ2) is 12.2.